The van der Waals surface area contributed by atoms with E-state index in [0.717, 1.165) is 23.9 Å². The summed E-state index contributed by atoms with van der Waals surface area (Å²) in [4.78, 5) is 17.1. The Morgan fingerprint density at radius 2 is 1.70 bits per heavy atom. The fourth-order valence-corrected chi connectivity index (χ4v) is 4.15. The van der Waals surface area contributed by atoms with Crippen LogP contribution in [0.5, 0.6) is 23.0 Å². The number of ether oxygens (including phenoxy) is 3. The summed E-state index contributed by atoms with van der Waals surface area (Å²) in [5.74, 6) is 0.924. The molecule has 1 heterocycles. The lowest BCUT2D eigenvalue weighted by Gasteiger charge is -2.14. The van der Waals surface area contributed by atoms with E-state index in [9.17, 15) is 18.0 Å². The Hall–Kier alpha value is -5.38. The van der Waals surface area contributed by atoms with Crippen LogP contribution in [0.15, 0.2) is 97.9 Å². The van der Waals surface area contributed by atoms with Crippen LogP contribution in [-0.4, -0.2) is 17.3 Å². The van der Waals surface area contributed by atoms with Crippen LogP contribution in [0.2, 0.25) is 0 Å². The summed E-state index contributed by atoms with van der Waals surface area (Å²) in [6.07, 6.45) is -0.962. The van der Waals surface area contributed by atoms with Gasteiger partial charge in [0.15, 0.2) is 17.9 Å². The molecule has 0 aliphatic carbocycles. The molecule has 0 spiro atoms. The summed E-state index contributed by atoms with van der Waals surface area (Å²) in [5, 5.41) is 12.0. The summed E-state index contributed by atoms with van der Waals surface area (Å²) in [6.45, 7) is 3.56. The first kappa shape index (κ1) is 26.2. The molecule has 10 heteroatoms. The molecule has 0 bridgehead atoms. The van der Waals surface area contributed by atoms with Gasteiger partial charge in [0.1, 0.15) is 11.5 Å². The highest BCUT2D eigenvalue weighted by Crippen LogP contribution is 2.38. The third-order valence-electron chi connectivity index (χ3n) is 5.94. The number of hydrogen-bond donors (Lipinski definition) is 2. The average molecular weight is 544 g/mol. The van der Waals surface area contributed by atoms with E-state index >= 15 is 0 Å². The second kappa shape index (κ2) is 10.8. The number of hydrogen-bond acceptors (Lipinski definition) is 6. The predicted octanol–water partition coefficient (Wildman–Crippen LogP) is 7.96. The van der Waals surface area contributed by atoms with Crippen molar-refractivity contribution in [2.45, 2.75) is 6.18 Å². The highest BCUT2D eigenvalue weighted by Gasteiger charge is 2.31. The van der Waals surface area contributed by atoms with Crippen LogP contribution >= 0.6 is 0 Å². The molecule has 0 fully saturated rings. The third-order valence-corrected chi connectivity index (χ3v) is 5.94. The van der Waals surface area contributed by atoms with Gasteiger partial charge in [-0.1, -0.05) is 24.8 Å². The van der Waals surface area contributed by atoms with E-state index in [2.05, 4.69) is 16.9 Å². The second-order valence-corrected chi connectivity index (χ2v) is 8.47. The quantitative estimate of drug-likeness (QED) is 0.118. The zero-order valence-corrected chi connectivity index (χ0v) is 20.7. The Morgan fingerprint density at radius 3 is 2.48 bits per heavy atom. The second-order valence-electron chi connectivity index (χ2n) is 8.47. The molecule has 0 radical (unpaired) electrons. The topological polar surface area (TPSA) is 93.5 Å². The van der Waals surface area contributed by atoms with E-state index in [1.165, 1.54) is 18.4 Å². The first-order valence-electron chi connectivity index (χ1n) is 11.8. The lowest BCUT2D eigenvalue weighted by atomic mass is 10.1. The van der Waals surface area contributed by atoms with Crippen molar-refractivity contribution in [3.63, 3.8) is 0 Å². The van der Waals surface area contributed by atoms with Gasteiger partial charge >= 0.3 is 6.18 Å². The normalized spacial score (nSPS) is 11.2. The van der Waals surface area contributed by atoms with Crippen molar-refractivity contribution >= 4 is 39.7 Å². The minimum absolute atomic E-state index is 0.106. The monoisotopic (exact) mass is 543 g/mol. The number of carbonyl (C=O) groups is 1. The maximum atomic E-state index is 13.1. The third kappa shape index (κ3) is 5.41. The summed E-state index contributed by atoms with van der Waals surface area (Å²) >= 11 is 0. The number of pyridine rings is 1. The van der Waals surface area contributed by atoms with Gasteiger partial charge in [0.25, 0.3) is 5.91 Å². The maximum absolute atomic E-state index is 13.1. The molecule has 0 saturated heterocycles. The Labute approximate surface area is 225 Å². The number of alkyl halides is 3. The van der Waals surface area contributed by atoms with Crippen molar-refractivity contribution in [2.75, 3.05) is 5.32 Å². The van der Waals surface area contributed by atoms with Gasteiger partial charge in [0, 0.05) is 34.3 Å². The molecule has 0 aliphatic rings. The highest BCUT2D eigenvalue weighted by atomic mass is 19.4. The van der Waals surface area contributed by atoms with E-state index in [1.54, 1.807) is 54.7 Å². The molecule has 1 amide bonds. The van der Waals surface area contributed by atoms with E-state index in [1.807, 2.05) is 6.07 Å². The van der Waals surface area contributed by atoms with Gasteiger partial charge in [-0.05, 0) is 60.0 Å². The standard InChI is InChI=1S/C30H20F3N3O4/c1-2-38-27-15-23-25(16-28(27)39-17-34)35-12-11-26(23)40-21-9-10-22-18(14-21)5-4-8-24(22)36-29(37)19-6-3-7-20(13-19)30(31,32)33/h2-17,34H,1H2,(H,36,37). The van der Waals surface area contributed by atoms with Crippen molar-refractivity contribution < 1.29 is 32.2 Å². The van der Waals surface area contributed by atoms with Gasteiger partial charge < -0.3 is 19.5 Å². The summed E-state index contributed by atoms with van der Waals surface area (Å²) in [6, 6.07) is 19.7. The van der Waals surface area contributed by atoms with Gasteiger partial charge in [-0.15, -0.1) is 0 Å². The van der Waals surface area contributed by atoms with Crippen LogP contribution in [0.1, 0.15) is 15.9 Å². The molecule has 5 aromatic rings. The fraction of sp³-hybridized carbons (Fsp3) is 0.0333. The van der Waals surface area contributed by atoms with Crippen LogP contribution in [0.3, 0.4) is 0 Å². The zero-order chi connectivity index (χ0) is 28.3. The van der Waals surface area contributed by atoms with Gasteiger partial charge in [-0.3, -0.25) is 15.2 Å². The minimum Gasteiger partial charge on any atom is -0.462 e. The lowest BCUT2D eigenvalue weighted by molar-refractivity contribution is -0.137. The number of nitrogens with zero attached hydrogens (tertiary/aromatic N) is 1. The van der Waals surface area contributed by atoms with Crippen molar-refractivity contribution in [1.82, 2.24) is 4.98 Å². The van der Waals surface area contributed by atoms with Crippen LogP contribution in [0.4, 0.5) is 18.9 Å². The van der Waals surface area contributed by atoms with Crippen LogP contribution in [0.25, 0.3) is 21.7 Å². The molecule has 4 aromatic carbocycles. The molecule has 7 nitrogen and oxygen atoms in total. The van der Waals surface area contributed by atoms with E-state index in [0.29, 0.717) is 39.2 Å². The van der Waals surface area contributed by atoms with Crippen molar-refractivity contribution in [3.8, 4) is 23.0 Å². The number of amides is 1. The number of nitrogens with one attached hydrogen (secondary N) is 2. The lowest BCUT2D eigenvalue weighted by Crippen LogP contribution is -2.14. The van der Waals surface area contributed by atoms with Crippen LogP contribution in [-0.2, 0) is 6.18 Å². The molecule has 2 N–H and O–H groups in total. The van der Waals surface area contributed by atoms with Gasteiger partial charge in [0.2, 0.25) is 0 Å². The van der Waals surface area contributed by atoms with Crippen molar-refractivity contribution in [3.05, 3.63) is 109 Å². The van der Waals surface area contributed by atoms with Crippen LogP contribution < -0.4 is 19.5 Å². The summed E-state index contributed by atoms with van der Waals surface area (Å²) in [5.41, 5.74) is -0.0209. The Morgan fingerprint density at radius 1 is 0.900 bits per heavy atom. The summed E-state index contributed by atoms with van der Waals surface area (Å²) in [7, 11) is 0. The first-order valence-corrected chi connectivity index (χ1v) is 11.8. The fourth-order valence-electron chi connectivity index (χ4n) is 4.15. The Kier molecular flexibility index (Phi) is 7.07. The molecule has 0 unspecified atom stereocenters. The molecule has 0 aliphatic heterocycles. The largest absolute Gasteiger partial charge is 0.462 e. The number of aromatic nitrogens is 1. The van der Waals surface area contributed by atoms with Gasteiger partial charge in [-0.25, -0.2) is 0 Å². The number of benzene rings is 4. The molecule has 0 saturated carbocycles. The molecular weight excluding hydrogens is 523 g/mol. The van der Waals surface area contributed by atoms with Gasteiger partial charge in [0.05, 0.1) is 17.3 Å². The van der Waals surface area contributed by atoms with Crippen LogP contribution in [0, 0.1) is 5.41 Å². The number of rotatable bonds is 8. The van der Waals surface area contributed by atoms with E-state index in [-0.39, 0.29) is 11.3 Å². The summed E-state index contributed by atoms with van der Waals surface area (Å²) < 4.78 is 56.0. The van der Waals surface area contributed by atoms with Crippen molar-refractivity contribution in [1.29, 1.82) is 5.41 Å². The number of fused-ring (bicyclic) bond motifs is 2. The predicted molar refractivity (Wildman–Crippen MR) is 145 cm³/mol. The molecule has 200 valence electrons. The van der Waals surface area contributed by atoms with Crippen molar-refractivity contribution in [2.24, 2.45) is 0 Å². The minimum atomic E-state index is -4.55. The average Bonchev–Trinajstić information content (AvgIpc) is 2.93. The highest BCUT2D eigenvalue weighted by molar-refractivity contribution is 6.09. The maximum Gasteiger partial charge on any atom is 0.416 e. The van der Waals surface area contributed by atoms with Gasteiger partial charge in [-0.2, -0.15) is 13.2 Å². The molecule has 5 rings (SSSR count). The molecule has 1 aromatic heterocycles. The number of carbonyl (C=O) groups excluding carboxylic acids is 1. The Bertz CT molecular complexity index is 1770. The van der Waals surface area contributed by atoms with E-state index < -0.39 is 17.6 Å². The molecular formula is C30H20F3N3O4. The smallest absolute Gasteiger partial charge is 0.416 e. The SMILES string of the molecule is C=COc1cc2c(Oc3ccc4c(NC(=O)c5cccc(C(F)(F)F)c5)cccc4c3)ccnc2cc1OC=N. The Balaban J connectivity index is 1.44. The number of halogens is 3. The first-order chi connectivity index (χ1) is 19.3. The van der Waals surface area contributed by atoms with E-state index in [4.69, 9.17) is 19.6 Å². The number of anilines is 1. The zero-order valence-electron chi connectivity index (χ0n) is 20.7. The molecule has 0 atom stereocenters. The molecule has 40 heavy (non-hydrogen) atoms.